The lowest BCUT2D eigenvalue weighted by Crippen LogP contribution is -2.25. The van der Waals surface area contributed by atoms with E-state index < -0.39 is 0 Å². The second kappa shape index (κ2) is 9.62. The number of anilines is 1. The summed E-state index contributed by atoms with van der Waals surface area (Å²) in [5, 5.41) is 4.58. The summed E-state index contributed by atoms with van der Waals surface area (Å²) in [6.45, 7) is 12.0. The van der Waals surface area contributed by atoms with Gasteiger partial charge in [-0.25, -0.2) is 0 Å². The summed E-state index contributed by atoms with van der Waals surface area (Å²) in [5.74, 6) is 1.59. The Morgan fingerprint density at radius 3 is 2.50 bits per heavy atom. The Bertz CT molecular complexity index is 714. The van der Waals surface area contributed by atoms with Crippen LogP contribution in [-0.2, 0) is 0 Å². The Balaban J connectivity index is 2.20. The molecular weight excluding hydrogens is 326 g/mol. The highest BCUT2D eigenvalue weighted by molar-refractivity contribution is 5.95. The van der Waals surface area contributed by atoms with Crippen LogP contribution in [0.4, 0.5) is 5.69 Å². The van der Waals surface area contributed by atoms with Crippen LogP contribution in [-0.4, -0.2) is 49.8 Å². The molecule has 0 bridgehead atoms. The zero-order valence-corrected chi connectivity index (χ0v) is 17.1. The van der Waals surface area contributed by atoms with Gasteiger partial charge < -0.3 is 19.7 Å². The summed E-state index contributed by atoms with van der Waals surface area (Å²) in [4.78, 5) is 6.99. The van der Waals surface area contributed by atoms with E-state index in [0.717, 1.165) is 59.7 Å². The van der Waals surface area contributed by atoms with Crippen molar-refractivity contribution in [2.24, 2.45) is 0 Å². The molecule has 144 valence electrons. The predicted molar refractivity (Wildman–Crippen MR) is 110 cm³/mol. The molecule has 1 heterocycles. The molecule has 0 aliphatic heterocycles. The van der Waals surface area contributed by atoms with Gasteiger partial charge in [-0.15, -0.1) is 0 Å². The van der Waals surface area contributed by atoms with E-state index >= 15 is 0 Å². The molecule has 26 heavy (non-hydrogen) atoms. The molecule has 1 N–H and O–H groups in total. The maximum absolute atomic E-state index is 5.73. The second-order valence-corrected chi connectivity index (χ2v) is 6.78. The lowest BCUT2D eigenvalue weighted by Gasteiger charge is -2.22. The third kappa shape index (κ3) is 4.79. The highest BCUT2D eigenvalue weighted by Gasteiger charge is 2.16. The first-order chi connectivity index (χ1) is 12.5. The van der Waals surface area contributed by atoms with Crippen molar-refractivity contribution in [3.63, 3.8) is 0 Å². The number of pyridine rings is 1. The molecule has 0 aliphatic carbocycles. The zero-order chi connectivity index (χ0) is 19.1. The fourth-order valence-electron chi connectivity index (χ4n) is 3.33. The molecule has 5 nitrogen and oxygen atoms in total. The average molecular weight is 360 g/mol. The van der Waals surface area contributed by atoms with Crippen LogP contribution in [0, 0.1) is 6.92 Å². The molecular formula is C21H33N3O2. The standard InChI is InChI=1S/C21H33N3O2/c1-7-24(8-2)11-9-10-16(4)23-18-13-19(25-5)20-17(21(18)26-6)12-15(3)14-22-20/h12-14,16,23H,7-11H2,1-6H3. The van der Waals surface area contributed by atoms with Crippen molar-refractivity contribution in [1.29, 1.82) is 0 Å². The van der Waals surface area contributed by atoms with Crippen LogP contribution in [0.1, 0.15) is 39.2 Å². The smallest absolute Gasteiger partial charge is 0.151 e. The van der Waals surface area contributed by atoms with Gasteiger partial charge in [0.15, 0.2) is 5.75 Å². The number of fused-ring (bicyclic) bond motifs is 1. The van der Waals surface area contributed by atoms with E-state index in [4.69, 9.17) is 9.47 Å². The van der Waals surface area contributed by atoms with Crippen LogP contribution >= 0.6 is 0 Å². The summed E-state index contributed by atoms with van der Waals surface area (Å²) in [7, 11) is 3.39. The van der Waals surface area contributed by atoms with Crippen LogP contribution in [0.15, 0.2) is 18.3 Å². The fourth-order valence-corrected chi connectivity index (χ4v) is 3.33. The molecule has 0 saturated heterocycles. The van der Waals surface area contributed by atoms with Crippen LogP contribution < -0.4 is 14.8 Å². The maximum atomic E-state index is 5.73. The van der Waals surface area contributed by atoms with Crippen molar-refractivity contribution >= 4 is 16.6 Å². The summed E-state index contributed by atoms with van der Waals surface area (Å²) in [6.07, 6.45) is 4.13. The Morgan fingerprint density at radius 2 is 1.88 bits per heavy atom. The molecule has 0 saturated carbocycles. The number of aryl methyl sites for hydroxylation is 1. The van der Waals surface area contributed by atoms with E-state index in [0.29, 0.717) is 6.04 Å². The van der Waals surface area contributed by atoms with E-state index in [9.17, 15) is 0 Å². The van der Waals surface area contributed by atoms with Gasteiger partial charge in [0, 0.05) is 23.7 Å². The van der Waals surface area contributed by atoms with Gasteiger partial charge in [0.1, 0.15) is 11.3 Å². The van der Waals surface area contributed by atoms with Gasteiger partial charge in [-0.3, -0.25) is 4.98 Å². The van der Waals surface area contributed by atoms with Crippen molar-refractivity contribution in [2.45, 2.75) is 46.6 Å². The molecule has 0 radical (unpaired) electrons. The third-order valence-corrected chi connectivity index (χ3v) is 4.85. The number of methoxy groups -OCH3 is 2. The number of nitrogens with zero attached hydrogens (tertiary/aromatic N) is 2. The Hall–Kier alpha value is -2.01. The lowest BCUT2D eigenvalue weighted by molar-refractivity contribution is 0.295. The van der Waals surface area contributed by atoms with Crippen LogP contribution in [0.3, 0.4) is 0 Å². The summed E-state index contributed by atoms with van der Waals surface area (Å²) < 4.78 is 11.3. The fraction of sp³-hybridized carbons (Fsp3) is 0.571. The molecule has 0 amide bonds. The maximum Gasteiger partial charge on any atom is 0.151 e. The van der Waals surface area contributed by atoms with Crippen LogP contribution in [0.25, 0.3) is 10.9 Å². The Morgan fingerprint density at radius 1 is 1.15 bits per heavy atom. The Labute approximate surface area is 157 Å². The molecule has 2 aromatic rings. The van der Waals surface area contributed by atoms with Gasteiger partial charge in [-0.05, 0) is 58.0 Å². The molecule has 0 fully saturated rings. The quantitative estimate of drug-likeness (QED) is 0.677. The summed E-state index contributed by atoms with van der Waals surface area (Å²) in [5.41, 5.74) is 2.89. The lowest BCUT2D eigenvalue weighted by atomic mass is 10.1. The van der Waals surface area contributed by atoms with Gasteiger partial charge in [0.05, 0.1) is 19.9 Å². The minimum Gasteiger partial charge on any atom is -0.494 e. The number of aromatic nitrogens is 1. The number of benzene rings is 1. The normalized spacial score (nSPS) is 12.4. The number of hydrogen-bond acceptors (Lipinski definition) is 5. The second-order valence-electron chi connectivity index (χ2n) is 6.78. The molecule has 1 aromatic heterocycles. The first-order valence-electron chi connectivity index (χ1n) is 9.54. The van der Waals surface area contributed by atoms with E-state index in [1.807, 2.05) is 19.2 Å². The van der Waals surface area contributed by atoms with E-state index in [1.54, 1.807) is 14.2 Å². The van der Waals surface area contributed by atoms with Crippen molar-refractivity contribution in [3.8, 4) is 11.5 Å². The van der Waals surface area contributed by atoms with Gasteiger partial charge in [-0.2, -0.15) is 0 Å². The number of hydrogen-bond donors (Lipinski definition) is 1. The van der Waals surface area contributed by atoms with Crippen molar-refractivity contribution < 1.29 is 9.47 Å². The zero-order valence-electron chi connectivity index (χ0n) is 17.1. The minimum atomic E-state index is 0.347. The highest BCUT2D eigenvalue weighted by Crippen LogP contribution is 2.39. The number of rotatable bonds is 10. The number of nitrogens with one attached hydrogen (secondary N) is 1. The van der Waals surface area contributed by atoms with Crippen LogP contribution in [0.2, 0.25) is 0 Å². The molecule has 5 heteroatoms. The molecule has 2 rings (SSSR count). The van der Waals surface area contributed by atoms with Gasteiger partial charge in [0.2, 0.25) is 0 Å². The first kappa shape index (κ1) is 20.3. The highest BCUT2D eigenvalue weighted by atomic mass is 16.5. The number of ether oxygens (including phenoxy) is 2. The minimum absolute atomic E-state index is 0.347. The van der Waals surface area contributed by atoms with E-state index in [-0.39, 0.29) is 0 Å². The van der Waals surface area contributed by atoms with Gasteiger partial charge in [-0.1, -0.05) is 13.8 Å². The van der Waals surface area contributed by atoms with Crippen molar-refractivity contribution in [1.82, 2.24) is 9.88 Å². The first-order valence-corrected chi connectivity index (χ1v) is 9.54. The van der Waals surface area contributed by atoms with E-state index in [2.05, 4.69) is 42.0 Å². The summed E-state index contributed by atoms with van der Waals surface area (Å²) >= 11 is 0. The topological polar surface area (TPSA) is 46.6 Å². The van der Waals surface area contributed by atoms with Gasteiger partial charge >= 0.3 is 0 Å². The van der Waals surface area contributed by atoms with Gasteiger partial charge in [0.25, 0.3) is 0 Å². The average Bonchev–Trinajstić information content (AvgIpc) is 2.64. The monoisotopic (exact) mass is 359 g/mol. The van der Waals surface area contributed by atoms with E-state index in [1.165, 1.54) is 6.42 Å². The molecule has 1 aromatic carbocycles. The molecule has 0 spiro atoms. The van der Waals surface area contributed by atoms with Crippen LogP contribution in [0.5, 0.6) is 11.5 Å². The predicted octanol–water partition coefficient (Wildman–Crippen LogP) is 4.48. The van der Waals surface area contributed by atoms with Crippen molar-refractivity contribution in [2.75, 3.05) is 39.2 Å². The summed E-state index contributed by atoms with van der Waals surface area (Å²) in [6, 6.07) is 4.43. The molecule has 1 unspecified atom stereocenters. The van der Waals surface area contributed by atoms with Crippen molar-refractivity contribution in [3.05, 3.63) is 23.9 Å². The molecule has 1 atom stereocenters. The largest absolute Gasteiger partial charge is 0.494 e. The Kier molecular flexibility index (Phi) is 7.51. The third-order valence-electron chi connectivity index (χ3n) is 4.85. The molecule has 0 aliphatic rings. The SMILES string of the molecule is CCN(CC)CCCC(C)Nc1cc(OC)c2ncc(C)cc2c1OC.